The van der Waals surface area contributed by atoms with Crippen LogP contribution in [0.1, 0.15) is 91.9 Å². The average Bonchev–Trinajstić information content (AvgIpc) is 3.03. The van der Waals surface area contributed by atoms with Gasteiger partial charge in [0, 0.05) is 5.41 Å². The monoisotopic (exact) mass is 476 g/mol. The number of nitrogens with zero attached hydrogens (tertiary/aromatic N) is 2. The molecule has 0 aromatic heterocycles. The van der Waals surface area contributed by atoms with Gasteiger partial charge in [0.1, 0.15) is 0 Å². The van der Waals surface area contributed by atoms with Crippen LogP contribution in [0.2, 0.25) is 0 Å². The van der Waals surface area contributed by atoms with E-state index in [9.17, 15) is 10.2 Å². The minimum atomic E-state index is -0.611. The summed E-state index contributed by atoms with van der Waals surface area (Å²) < 4.78 is 0. The Balaban J connectivity index is 1.52. The molecule has 0 heterocycles. The van der Waals surface area contributed by atoms with E-state index in [0.29, 0.717) is 36.8 Å². The van der Waals surface area contributed by atoms with Crippen molar-refractivity contribution in [2.75, 3.05) is 13.2 Å². The standard InChI is InChI=1S/C27H48N4O3/c1-5-14-34-31(30-24(28)29)17-18(2)15-20-8-13-27(33)23-7-6-19-16-21(32)9-11-25(19,3)22(23)10-12-26(20,27)4/h15,19-23,32-33H,5-14,16-17H2,1-4H3,(H4,28,29,30)/b18-15+/t19-,20-,21+,22+,23-,25+,26-,27+/m1/s1. The van der Waals surface area contributed by atoms with Crippen LogP contribution in [-0.2, 0) is 4.84 Å². The molecular formula is C27H48N4O3. The molecule has 0 aromatic carbocycles. The highest BCUT2D eigenvalue weighted by molar-refractivity contribution is 5.75. The van der Waals surface area contributed by atoms with Gasteiger partial charge in [0.2, 0.25) is 5.96 Å². The molecule has 0 aliphatic heterocycles. The number of aliphatic hydroxyl groups excluding tert-OH is 1. The van der Waals surface area contributed by atoms with Crippen molar-refractivity contribution >= 4 is 5.96 Å². The molecule has 4 aliphatic rings. The van der Waals surface area contributed by atoms with Crippen LogP contribution in [-0.4, -0.2) is 46.2 Å². The molecule has 4 fully saturated rings. The SMILES string of the molecule is CCCON(C/C(C)=C/[C@H]1CC[C@]2(O)[C@@H]3CC[C@@H]4C[C@@H](O)CC[C@]4(C)[C@H]3CC[C@]12C)N=C(N)N. The van der Waals surface area contributed by atoms with Crippen LogP contribution in [0.5, 0.6) is 0 Å². The van der Waals surface area contributed by atoms with Gasteiger partial charge in [0.05, 0.1) is 24.9 Å². The number of fused-ring (bicyclic) bond motifs is 5. The number of aliphatic hydroxyl groups is 2. The third-order valence-electron chi connectivity index (χ3n) is 10.4. The van der Waals surface area contributed by atoms with Crippen LogP contribution in [0.25, 0.3) is 0 Å². The Morgan fingerprint density at radius 3 is 2.56 bits per heavy atom. The molecule has 6 N–H and O–H groups in total. The van der Waals surface area contributed by atoms with Crippen LogP contribution < -0.4 is 11.5 Å². The second-order valence-electron chi connectivity index (χ2n) is 12.3. The van der Waals surface area contributed by atoms with Gasteiger partial charge in [-0.1, -0.05) is 32.4 Å². The minimum absolute atomic E-state index is 0.0104. The fraction of sp³-hybridized carbons (Fsp3) is 0.889. The van der Waals surface area contributed by atoms with Crippen molar-refractivity contribution in [1.29, 1.82) is 0 Å². The largest absolute Gasteiger partial charge is 0.393 e. The summed E-state index contributed by atoms with van der Waals surface area (Å²) in [6.45, 7) is 10.0. The Morgan fingerprint density at radius 2 is 1.85 bits per heavy atom. The fourth-order valence-corrected chi connectivity index (χ4v) is 8.56. The molecule has 4 rings (SSSR count). The number of hydrogen-bond donors (Lipinski definition) is 4. The van der Waals surface area contributed by atoms with E-state index >= 15 is 0 Å². The lowest BCUT2D eigenvalue weighted by molar-refractivity contribution is -0.207. The minimum Gasteiger partial charge on any atom is -0.393 e. The first-order chi connectivity index (χ1) is 16.0. The van der Waals surface area contributed by atoms with Gasteiger partial charge < -0.3 is 21.7 Å². The Labute approximate surface area is 205 Å². The Kier molecular flexibility index (Phi) is 7.30. The molecule has 0 unspecified atom stereocenters. The quantitative estimate of drug-likeness (QED) is 0.192. The molecule has 0 saturated heterocycles. The zero-order chi connectivity index (χ0) is 24.7. The molecule has 0 spiro atoms. The second-order valence-corrected chi connectivity index (χ2v) is 12.3. The lowest BCUT2D eigenvalue weighted by Gasteiger charge is -2.63. The van der Waals surface area contributed by atoms with Gasteiger partial charge in [-0.15, -0.1) is 5.10 Å². The van der Waals surface area contributed by atoms with E-state index in [-0.39, 0.29) is 22.9 Å². The lowest BCUT2D eigenvalue weighted by Crippen LogP contribution is -2.62. The summed E-state index contributed by atoms with van der Waals surface area (Å²) in [6, 6.07) is 0. The van der Waals surface area contributed by atoms with Crippen molar-refractivity contribution in [3.8, 4) is 0 Å². The van der Waals surface area contributed by atoms with Gasteiger partial charge in [0.25, 0.3) is 0 Å². The van der Waals surface area contributed by atoms with Gasteiger partial charge in [-0.05, 0) is 100 Å². The molecule has 4 saturated carbocycles. The highest BCUT2D eigenvalue weighted by Gasteiger charge is 2.66. The number of hydrazone groups is 1. The molecule has 194 valence electrons. The number of hydrogen-bond acceptors (Lipinski definition) is 5. The predicted octanol–water partition coefficient (Wildman–Crippen LogP) is 3.90. The van der Waals surface area contributed by atoms with Crippen molar-refractivity contribution < 1.29 is 15.1 Å². The summed E-state index contributed by atoms with van der Waals surface area (Å²) in [5, 5.41) is 28.3. The highest BCUT2D eigenvalue weighted by Crippen LogP contribution is 2.69. The molecule has 0 radical (unpaired) electrons. The maximum Gasteiger partial charge on any atom is 0.211 e. The fourth-order valence-electron chi connectivity index (χ4n) is 8.56. The summed E-state index contributed by atoms with van der Waals surface area (Å²) in [7, 11) is 0. The van der Waals surface area contributed by atoms with Gasteiger partial charge in [-0.25, -0.2) is 0 Å². The topological polar surface area (TPSA) is 117 Å². The van der Waals surface area contributed by atoms with E-state index in [2.05, 4.69) is 38.9 Å². The third kappa shape index (κ3) is 4.37. The van der Waals surface area contributed by atoms with Crippen LogP contribution in [0, 0.1) is 34.5 Å². The molecular weight excluding hydrogens is 428 g/mol. The summed E-state index contributed by atoms with van der Waals surface area (Å²) in [6.07, 6.45) is 12.5. The van der Waals surface area contributed by atoms with Crippen LogP contribution in [0.3, 0.4) is 0 Å². The first-order valence-corrected chi connectivity index (χ1v) is 13.6. The summed E-state index contributed by atoms with van der Waals surface area (Å²) >= 11 is 0. The third-order valence-corrected chi connectivity index (χ3v) is 10.4. The van der Waals surface area contributed by atoms with E-state index < -0.39 is 5.60 Å². The van der Waals surface area contributed by atoms with Crippen LogP contribution >= 0.6 is 0 Å². The Bertz CT molecular complexity index is 799. The van der Waals surface area contributed by atoms with Gasteiger partial charge >= 0.3 is 0 Å². The molecule has 7 heteroatoms. The van der Waals surface area contributed by atoms with Crippen molar-refractivity contribution in [1.82, 2.24) is 5.17 Å². The number of rotatable bonds is 7. The zero-order valence-corrected chi connectivity index (χ0v) is 21.8. The highest BCUT2D eigenvalue weighted by atomic mass is 16.7. The van der Waals surface area contributed by atoms with Crippen molar-refractivity contribution in [2.24, 2.45) is 51.1 Å². The predicted molar refractivity (Wildman–Crippen MR) is 135 cm³/mol. The Morgan fingerprint density at radius 1 is 1.09 bits per heavy atom. The van der Waals surface area contributed by atoms with E-state index in [1.807, 2.05) is 0 Å². The molecule has 4 aliphatic carbocycles. The maximum atomic E-state index is 12.4. The molecule has 0 bridgehead atoms. The van der Waals surface area contributed by atoms with Gasteiger partial charge in [0.15, 0.2) is 0 Å². The zero-order valence-electron chi connectivity index (χ0n) is 21.8. The number of hydroxylamine groups is 1. The molecule has 7 nitrogen and oxygen atoms in total. The van der Waals surface area contributed by atoms with Crippen molar-refractivity contribution in [3.63, 3.8) is 0 Å². The first kappa shape index (κ1) is 25.8. The van der Waals surface area contributed by atoms with Gasteiger partial charge in [-0.2, -0.15) is 5.17 Å². The average molecular weight is 477 g/mol. The molecule has 8 atom stereocenters. The second kappa shape index (κ2) is 9.62. The molecule has 0 aromatic rings. The molecule has 0 amide bonds. The van der Waals surface area contributed by atoms with E-state index in [4.69, 9.17) is 16.3 Å². The smallest absolute Gasteiger partial charge is 0.211 e. The number of guanidine groups is 1. The van der Waals surface area contributed by atoms with Gasteiger partial charge in [-0.3, -0.25) is 4.84 Å². The summed E-state index contributed by atoms with van der Waals surface area (Å²) in [4.78, 5) is 5.71. The van der Waals surface area contributed by atoms with Crippen molar-refractivity contribution in [3.05, 3.63) is 11.6 Å². The van der Waals surface area contributed by atoms with E-state index in [0.717, 1.165) is 63.4 Å². The van der Waals surface area contributed by atoms with Crippen LogP contribution in [0.15, 0.2) is 16.8 Å². The maximum absolute atomic E-state index is 12.4. The molecule has 34 heavy (non-hydrogen) atoms. The summed E-state index contributed by atoms with van der Waals surface area (Å²) in [5.41, 5.74) is 11.9. The Hall–Kier alpha value is -1.31. The normalized spacial score (nSPS) is 44.1. The van der Waals surface area contributed by atoms with Crippen molar-refractivity contribution in [2.45, 2.75) is 104 Å². The van der Waals surface area contributed by atoms with E-state index in [1.165, 1.54) is 11.6 Å². The first-order valence-electron chi connectivity index (χ1n) is 13.6. The summed E-state index contributed by atoms with van der Waals surface area (Å²) in [5.74, 6) is 1.87. The van der Waals surface area contributed by atoms with Crippen LogP contribution in [0.4, 0.5) is 0 Å². The van der Waals surface area contributed by atoms with E-state index in [1.54, 1.807) is 0 Å². The lowest BCUT2D eigenvalue weighted by atomic mass is 9.43. The number of allylic oxidation sites excluding steroid dienone is 1. The number of nitrogens with two attached hydrogens (primary N) is 2.